The van der Waals surface area contributed by atoms with Crippen LogP contribution in [0.2, 0.25) is 4.34 Å². The van der Waals surface area contributed by atoms with Gasteiger partial charge in [-0.25, -0.2) is 0 Å². The first-order chi connectivity index (χ1) is 6.09. The Balaban J connectivity index is 2.50. The van der Waals surface area contributed by atoms with Crippen molar-refractivity contribution in [2.75, 3.05) is 5.32 Å². The van der Waals surface area contributed by atoms with E-state index in [0.717, 1.165) is 10.0 Å². The van der Waals surface area contributed by atoms with Gasteiger partial charge < -0.3 is 10.6 Å². The second-order valence-corrected chi connectivity index (χ2v) is 4.79. The van der Waals surface area contributed by atoms with Crippen LogP contribution >= 0.6 is 35.2 Å². The summed E-state index contributed by atoms with van der Waals surface area (Å²) in [4.78, 5) is 0. The van der Waals surface area contributed by atoms with Crippen molar-refractivity contribution in [1.82, 2.24) is 5.32 Å². The van der Waals surface area contributed by atoms with Crippen molar-refractivity contribution in [2.45, 2.75) is 19.9 Å². The van der Waals surface area contributed by atoms with Crippen LogP contribution in [0.25, 0.3) is 0 Å². The maximum absolute atomic E-state index is 5.89. The Morgan fingerprint density at radius 1 is 1.62 bits per heavy atom. The molecule has 2 nitrogen and oxygen atoms in total. The third-order valence-corrected chi connectivity index (χ3v) is 2.68. The molecular formula is C8H11ClN2S2. The zero-order chi connectivity index (χ0) is 9.84. The number of anilines is 1. The third-order valence-electron chi connectivity index (χ3n) is 1.29. The minimum atomic E-state index is 0.331. The van der Waals surface area contributed by atoms with Gasteiger partial charge >= 0.3 is 0 Å². The van der Waals surface area contributed by atoms with Crippen LogP contribution in [0.1, 0.15) is 13.8 Å². The Hall–Kier alpha value is -0.320. The number of thiocarbonyl (C=S) groups is 1. The van der Waals surface area contributed by atoms with E-state index in [1.165, 1.54) is 11.3 Å². The van der Waals surface area contributed by atoms with Gasteiger partial charge in [-0.1, -0.05) is 11.6 Å². The van der Waals surface area contributed by atoms with E-state index >= 15 is 0 Å². The first-order valence-corrected chi connectivity index (χ1v) is 5.56. The second-order valence-electron chi connectivity index (χ2n) is 2.86. The van der Waals surface area contributed by atoms with Gasteiger partial charge in [0.25, 0.3) is 0 Å². The predicted octanol–water partition coefficient (Wildman–Crippen LogP) is 3.10. The highest BCUT2D eigenvalue weighted by molar-refractivity contribution is 7.80. The zero-order valence-corrected chi connectivity index (χ0v) is 9.82. The smallest absolute Gasteiger partial charge is 0.171 e. The topological polar surface area (TPSA) is 24.1 Å². The van der Waals surface area contributed by atoms with E-state index < -0.39 is 0 Å². The largest absolute Gasteiger partial charge is 0.360 e. The predicted molar refractivity (Wildman–Crippen MR) is 63.8 cm³/mol. The van der Waals surface area contributed by atoms with Crippen molar-refractivity contribution in [1.29, 1.82) is 0 Å². The molecule has 1 rings (SSSR count). The average Bonchev–Trinajstić information content (AvgIpc) is 2.34. The molecule has 0 aliphatic heterocycles. The molecule has 0 amide bonds. The Labute approximate surface area is 92.3 Å². The average molecular weight is 235 g/mol. The summed E-state index contributed by atoms with van der Waals surface area (Å²) in [5.74, 6) is 0. The molecule has 1 heterocycles. The summed E-state index contributed by atoms with van der Waals surface area (Å²) in [5, 5.41) is 8.62. The Morgan fingerprint density at radius 3 is 2.77 bits per heavy atom. The van der Waals surface area contributed by atoms with Gasteiger partial charge in [-0.3, -0.25) is 0 Å². The van der Waals surface area contributed by atoms with Crippen molar-refractivity contribution in [3.05, 3.63) is 15.8 Å². The minimum absolute atomic E-state index is 0.331. The molecule has 0 radical (unpaired) electrons. The van der Waals surface area contributed by atoms with Gasteiger partial charge in [0.1, 0.15) is 4.34 Å². The van der Waals surface area contributed by atoms with Crippen LogP contribution in [-0.2, 0) is 0 Å². The SMILES string of the molecule is CC(C)NC(=S)Nc1ccsc1Cl. The first kappa shape index (κ1) is 10.8. The lowest BCUT2D eigenvalue weighted by Gasteiger charge is -2.12. The van der Waals surface area contributed by atoms with Gasteiger partial charge in [-0.15, -0.1) is 11.3 Å². The zero-order valence-electron chi connectivity index (χ0n) is 7.43. The van der Waals surface area contributed by atoms with E-state index in [1.54, 1.807) is 0 Å². The maximum atomic E-state index is 5.89. The Kier molecular flexibility index (Phi) is 3.96. The van der Waals surface area contributed by atoms with Crippen molar-refractivity contribution in [3.63, 3.8) is 0 Å². The molecule has 0 saturated carbocycles. The first-order valence-electron chi connectivity index (χ1n) is 3.90. The van der Waals surface area contributed by atoms with Crippen LogP contribution in [0.5, 0.6) is 0 Å². The summed E-state index contributed by atoms with van der Waals surface area (Å²) in [6.07, 6.45) is 0. The number of hydrogen-bond acceptors (Lipinski definition) is 2. The lowest BCUT2D eigenvalue weighted by molar-refractivity contribution is 0.739. The van der Waals surface area contributed by atoms with Crippen molar-refractivity contribution < 1.29 is 0 Å². The molecule has 0 aliphatic carbocycles. The molecule has 0 aliphatic rings. The molecule has 5 heteroatoms. The lowest BCUT2D eigenvalue weighted by Crippen LogP contribution is -2.33. The van der Waals surface area contributed by atoms with Crippen molar-refractivity contribution in [2.24, 2.45) is 0 Å². The summed E-state index contributed by atoms with van der Waals surface area (Å²) in [5.41, 5.74) is 0.866. The number of halogens is 1. The molecular weight excluding hydrogens is 224 g/mol. The van der Waals surface area contributed by atoms with Crippen molar-refractivity contribution in [3.8, 4) is 0 Å². The van der Waals surface area contributed by atoms with E-state index in [4.69, 9.17) is 23.8 Å². The quantitative estimate of drug-likeness (QED) is 0.769. The van der Waals surface area contributed by atoms with Gasteiger partial charge in [0.15, 0.2) is 5.11 Å². The van der Waals surface area contributed by atoms with Gasteiger partial charge in [0.05, 0.1) is 5.69 Å². The normalized spacial score (nSPS) is 10.2. The maximum Gasteiger partial charge on any atom is 0.171 e. The van der Waals surface area contributed by atoms with Crippen molar-refractivity contribution >= 4 is 46.0 Å². The Morgan fingerprint density at radius 2 is 2.31 bits per heavy atom. The highest BCUT2D eigenvalue weighted by Gasteiger charge is 2.03. The molecule has 1 aromatic rings. The highest BCUT2D eigenvalue weighted by Crippen LogP contribution is 2.27. The number of hydrogen-bond donors (Lipinski definition) is 2. The molecule has 72 valence electrons. The molecule has 13 heavy (non-hydrogen) atoms. The number of thiophene rings is 1. The van der Waals surface area contributed by atoms with Gasteiger partial charge in [-0.2, -0.15) is 0 Å². The fourth-order valence-electron chi connectivity index (χ4n) is 0.802. The summed E-state index contributed by atoms with van der Waals surface area (Å²) in [6.45, 7) is 4.06. The second kappa shape index (κ2) is 4.79. The van der Waals surface area contributed by atoms with E-state index in [0.29, 0.717) is 11.2 Å². The van der Waals surface area contributed by atoms with E-state index in [-0.39, 0.29) is 0 Å². The summed E-state index contributed by atoms with van der Waals surface area (Å²) in [6, 6.07) is 2.24. The van der Waals surface area contributed by atoms with Crippen LogP contribution in [0.3, 0.4) is 0 Å². The molecule has 0 fully saturated rings. The van der Waals surface area contributed by atoms with Crippen LogP contribution in [0.15, 0.2) is 11.4 Å². The van der Waals surface area contributed by atoms with Gasteiger partial charge in [0, 0.05) is 6.04 Å². The monoisotopic (exact) mass is 234 g/mol. The van der Waals surface area contributed by atoms with Crippen LogP contribution in [-0.4, -0.2) is 11.2 Å². The number of rotatable bonds is 2. The molecule has 0 unspecified atom stereocenters. The summed E-state index contributed by atoms with van der Waals surface area (Å²) >= 11 is 12.4. The fraction of sp³-hybridized carbons (Fsp3) is 0.375. The van der Waals surface area contributed by atoms with E-state index in [2.05, 4.69) is 10.6 Å². The fourth-order valence-corrected chi connectivity index (χ4v) is 1.98. The Bertz CT molecular complexity index is 296. The van der Waals surface area contributed by atoms with Crippen LogP contribution in [0, 0.1) is 0 Å². The van der Waals surface area contributed by atoms with Gasteiger partial charge in [0.2, 0.25) is 0 Å². The summed E-state index contributed by atoms with van der Waals surface area (Å²) in [7, 11) is 0. The van der Waals surface area contributed by atoms with Gasteiger partial charge in [-0.05, 0) is 37.5 Å². The van der Waals surface area contributed by atoms with Crippen LogP contribution in [0.4, 0.5) is 5.69 Å². The standard InChI is InChI=1S/C8H11ClN2S2/c1-5(2)10-8(12)11-6-3-4-13-7(6)9/h3-5H,1-2H3,(H2,10,11,12). The third kappa shape index (κ3) is 3.50. The highest BCUT2D eigenvalue weighted by atomic mass is 35.5. The molecule has 1 aromatic heterocycles. The molecule has 0 saturated heterocycles. The molecule has 0 bridgehead atoms. The lowest BCUT2D eigenvalue weighted by atomic mass is 10.4. The molecule has 0 aromatic carbocycles. The number of nitrogens with one attached hydrogen (secondary N) is 2. The van der Waals surface area contributed by atoms with E-state index in [9.17, 15) is 0 Å². The summed E-state index contributed by atoms with van der Waals surface area (Å²) < 4.78 is 0.730. The molecule has 0 spiro atoms. The van der Waals surface area contributed by atoms with E-state index in [1.807, 2.05) is 25.3 Å². The van der Waals surface area contributed by atoms with Crippen LogP contribution < -0.4 is 10.6 Å². The minimum Gasteiger partial charge on any atom is -0.360 e. The molecule has 0 atom stereocenters. The molecule has 2 N–H and O–H groups in total.